The Morgan fingerprint density at radius 2 is 1.79 bits per heavy atom. The fraction of sp³-hybridized carbons (Fsp3) is 0.517. The Labute approximate surface area is 235 Å². The van der Waals surface area contributed by atoms with Gasteiger partial charge in [0.15, 0.2) is 0 Å². The molecule has 0 spiro atoms. The van der Waals surface area contributed by atoms with Crippen LogP contribution in [-0.2, 0) is 20.7 Å². The van der Waals surface area contributed by atoms with Crippen molar-refractivity contribution in [2.24, 2.45) is 5.92 Å². The van der Waals surface area contributed by atoms with Crippen molar-refractivity contribution in [2.75, 3.05) is 6.61 Å². The number of aromatic nitrogens is 1. The molecule has 1 heterocycles. The third-order valence-electron chi connectivity index (χ3n) is 5.69. The van der Waals surface area contributed by atoms with Crippen molar-refractivity contribution in [1.29, 1.82) is 0 Å². The number of nitrogens with zero attached hydrogens (tertiary/aromatic N) is 1. The number of aliphatic hydroxyl groups is 1. The molecule has 39 heavy (non-hydrogen) atoms. The third kappa shape index (κ3) is 11.2. The van der Waals surface area contributed by atoms with Gasteiger partial charge >= 0.3 is 12.1 Å². The van der Waals surface area contributed by atoms with Crippen LogP contribution in [0.2, 0.25) is 0 Å². The van der Waals surface area contributed by atoms with E-state index in [0.29, 0.717) is 17.0 Å². The zero-order chi connectivity index (χ0) is 29.2. The van der Waals surface area contributed by atoms with Gasteiger partial charge in [0.2, 0.25) is 0 Å². The monoisotopic (exact) mass is 559 g/mol. The molecule has 10 heteroatoms. The summed E-state index contributed by atoms with van der Waals surface area (Å²) in [6, 6.07) is 8.77. The molecule has 0 aliphatic heterocycles. The first kappa shape index (κ1) is 32.0. The van der Waals surface area contributed by atoms with Crippen LogP contribution >= 0.6 is 11.3 Å². The lowest BCUT2D eigenvalue weighted by Gasteiger charge is -2.26. The molecular weight excluding hydrogens is 518 g/mol. The van der Waals surface area contributed by atoms with E-state index in [0.717, 1.165) is 5.56 Å². The average Bonchev–Trinajstić information content (AvgIpc) is 3.34. The van der Waals surface area contributed by atoms with Crippen molar-refractivity contribution in [3.8, 4) is 0 Å². The zero-order valence-corrected chi connectivity index (χ0v) is 24.6. The lowest BCUT2D eigenvalue weighted by Crippen LogP contribution is -2.42. The second-order valence-electron chi connectivity index (χ2n) is 10.7. The number of esters is 1. The number of ether oxygens (including phenoxy) is 2. The molecule has 0 aliphatic carbocycles. The van der Waals surface area contributed by atoms with Gasteiger partial charge in [0, 0.05) is 23.4 Å². The normalized spacial score (nSPS) is 14.3. The quantitative estimate of drug-likeness (QED) is 0.248. The number of carbonyl (C=O) groups is 3. The fourth-order valence-electron chi connectivity index (χ4n) is 3.72. The highest BCUT2D eigenvalue weighted by Crippen LogP contribution is 2.25. The first-order valence-corrected chi connectivity index (χ1v) is 14.0. The van der Waals surface area contributed by atoms with Crippen LogP contribution < -0.4 is 10.6 Å². The number of alkyl carbamates (subject to hydrolysis) is 1. The molecule has 3 atom stereocenters. The van der Waals surface area contributed by atoms with E-state index in [1.165, 1.54) is 11.3 Å². The van der Waals surface area contributed by atoms with Crippen molar-refractivity contribution >= 4 is 29.3 Å². The number of rotatable bonds is 12. The standard InChI is InChI=1S/C29H41N3O6S/c1-8-37-27(35)19(4)14-21(15-20-12-10-9-11-13-20)30-25(34)23-17-39-26(31-23)24(33)16-22(18(2)3)32-28(36)38-29(5,6)7/h9-14,17-18,21-22,24,33H,8,15-16H2,1-7H3,(H,30,34)(H,32,36)/b19-14+/t21-,22-,24-/m1/s1. The SMILES string of the molecule is CCOC(=O)/C(C)=C/[C@H](Cc1ccccc1)NC(=O)c1csc([C@H](O)C[C@@H](NC(=O)OC(C)(C)C)C(C)C)n1. The molecular formula is C29H41N3O6S. The van der Waals surface area contributed by atoms with Crippen molar-refractivity contribution < 1.29 is 29.0 Å². The summed E-state index contributed by atoms with van der Waals surface area (Å²) in [5.74, 6) is -0.836. The minimum absolute atomic E-state index is 0.0306. The van der Waals surface area contributed by atoms with Crippen LogP contribution in [0, 0.1) is 5.92 Å². The fourth-order valence-corrected chi connectivity index (χ4v) is 4.52. The minimum Gasteiger partial charge on any atom is -0.463 e. The molecule has 1 aromatic heterocycles. The van der Waals surface area contributed by atoms with E-state index in [4.69, 9.17) is 9.47 Å². The predicted molar refractivity (Wildman–Crippen MR) is 151 cm³/mol. The minimum atomic E-state index is -0.982. The summed E-state index contributed by atoms with van der Waals surface area (Å²) in [5, 5.41) is 18.6. The molecule has 0 saturated carbocycles. The van der Waals surface area contributed by atoms with E-state index >= 15 is 0 Å². The van der Waals surface area contributed by atoms with E-state index in [1.807, 2.05) is 44.2 Å². The molecule has 2 rings (SSSR count). The average molecular weight is 560 g/mol. The highest BCUT2D eigenvalue weighted by Gasteiger charge is 2.26. The van der Waals surface area contributed by atoms with Crippen LogP contribution in [0.4, 0.5) is 4.79 Å². The van der Waals surface area contributed by atoms with E-state index in [2.05, 4.69) is 15.6 Å². The summed E-state index contributed by atoms with van der Waals surface area (Å²) in [5.41, 5.74) is 0.909. The molecule has 2 aromatic rings. The Morgan fingerprint density at radius 3 is 2.38 bits per heavy atom. The van der Waals surface area contributed by atoms with E-state index in [-0.39, 0.29) is 30.7 Å². The number of nitrogens with one attached hydrogen (secondary N) is 2. The first-order valence-electron chi connectivity index (χ1n) is 13.1. The molecule has 0 saturated heterocycles. The van der Waals surface area contributed by atoms with Gasteiger partial charge in [-0.3, -0.25) is 4.79 Å². The Morgan fingerprint density at radius 1 is 1.13 bits per heavy atom. The molecule has 0 radical (unpaired) electrons. The van der Waals surface area contributed by atoms with Gasteiger partial charge in [0.25, 0.3) is 5.91 Å². The van der Waals surface area contributed by atoms with Crippen molar-refractivity contribution in [2.45, 2.75) is 85.1 Å². The predicted octanol–water partition coefficient (Wildman–Crippen LogP) is 4.97. The summed E-state index contributed by atoms with van der Waals surface area (Å²) >= 11 is 1.17. The first-order chi connectivity index (χ1) is 18.3. The number of thiazole rings is 1. The third-order valence-corrected chi connectivity index (χ3v) is 6.63. The summed E-state index contributed by atoms with van der Waals surface area (Å²) in [6.45, 7) is 12.9. The number of hydrogen-bond donors (Lipinski definition) is 3. The molecule has 1 aromatic carbocycles. The maximum atomic E-state index is 13.1. The number of carbonyl (C=O) groups excluding carboxylic acids is 3. The Kier molecular flexibility index (Phi) is 12.1. The molecule has 0 fully saturated rings. The van der Waals surface area contributed by atoms with Crippen LogP contribution in [0.5, 0.6) is 0 Å². The maximum Gasteiger partial charge on any atom is 0.407 e. The molecule has 0 unspecified atom stereocenters. The van der Waals surface area contributed by atoms with Gasteiger partial charge < -0.3 is 25.2 Å². The van der Waals surface area contributed by atoms with Gasteiger partial charge in [-0.25, -0.2) is 14.6 Å². The number of hydrogen-bond acceptors (Lipinski definition) is 8. The molecule has 2 amide bonds. The summed E-state index contributed by atoms with van der Waals surface area (Å²) < 4.78 is 10.4. The van der Waals surface area contributed by atoms with Gasteiger partial charge in [-0.2, -0.15) is 0 Å². The van der Waals surface area contributed by atoms with Crippen molar-refractivity contribution in [3.63, 3.8) is 0 Å². The van der Waals surface area contributed by atoms with Crippen LogP contribution in [0.1, 0.15) is 82.1 Å². The molecule has 9 nitrogen and oxygen atoms in total. The van der Waals surface area contributed by atoms with Crippen molar-refractivity contribution in [1.82, 2.24) is 15.6 Å². The zero-order valence-electron chi connectivity index (χ0n) is 23.8. The molecule has 0 bridgehead atoms. The lowest BCUT2D eigenvalue weighted by molar-refractivity contribution is -0.138. The number of benzene rings is 1. The second kappa shape index (κ2) is 14.8. The Bertz CT molecular complexity index is 1120. The summed E-state index contributed by atoms with van der Waals surface area (Å²) in [7, 11) is 0. The highest BCUT2D eigenvalue weighted by molar-refractivity contribution is 7.09. The Hall–Kier alpha value is -3.24. The maximum absolute atomic E-state index is 13.1. The van der Waals surface area contributed by atoms with Crippen molar-refractivity contribution in [3.05, 3.63) is 63.6 Å². The smallest absolute Gasteiger partial charge is 0.407 e. The summed E-state index contributed by atoms with van der Waals surface area (Å²) in [4.78, 5) is 41.9. The Balaban J connectivity index is 2.13. The van der Waals surface area contributed by atoms with Gasteiger partial charge in [0.05, 0.1) is 12.6 Å². The van der Waals surface area contributed by atoms with Gasteiger partial charge in [-0.15, -0.1) is 11.3 Å². The topological polar surface area (TPSA) is 127 Å². The highest BCUT2D eigenvalue weighted by atomic mass is 32.1. The van der Waals surface area contributed by atoms with Gasteiger partial charge in [-0.1, -0.05) is 50.3 Å². The van der Waals surface area contributed by atoms with E-state index < -0.39 is 35.7 Å². The largest absolute Gasteiger partial charge is 0.463 e. The molecule has 0 aliphatic rings. The number of amides is 2. The van der Waals surface area contributed by atoms with Crippen LogP contribution in [0.3, 0.4) is 0 Å². The van der Waals surface area contributed by atoms with Crippen LogP contribution in [0.15, 0.2) is 47.4 Å². The van der Waals surface area contributed by atoms with Gasteiger partial charge in [0.1, 0.15) is 22.4 Å². The van der Waals surface area contributed by atoms with Gasteiger partial charge in [-0.05, 0) is 52.5 Å². The lowest BCUT2D eigenvalue weighted by atomic mass is 9.98. The second-order valence-corrected chi connectivity index (χ2v) is 11.5. The van der Waals surface area contributed by atoms with E-state index in [9.17, 15) is 19.5 Å². The van der Waals surface area contributed by atoms with E-state index in [1.54, 1.807) is 46.1 Å². The summed E-state index contributed by atoms with van der Waals surface area (Å²) in [6.07, 6.45) is 0.827. The number of aliphatic hydroxyl groups excluding tert-OH is 1. The molecule has 3 N–H and O–H groups in total. The van der Waals surface area contributed by atoms with Crippen LogP contribution in [0.25, 0.3) is 0 Å². The van der Waals surface area contributed by atoms with Crippen LogP contribution in [-0.4, -0.2) is 52.4 Å². The molecule has 214 valence electrons.